The summed E-state index contributed by atoms with van der Waals surface area (Å²) in [5, 5.41) is 14.6. The van der Waals surface area contributed by atoms with Gasteiger partial charge in [0.2, 0.25) is 21.1 Å². The van der Waals surface area contributed by atoms with Crippen molar-refractivity contribution in [3.63, 3.8) is 0 Å². The van der Waals surface area contributed by atoms with Gasteiger partial charge in [0.25, 0.3) is 0 Å². The van der Waals surface area contributed by atoms with Crippen molar-refractivity contribution in [3.05, 3.63) is 52.5 Å². The van der Waals surface area contributed by atoms with Crippen LogP contribution in [0.25, 0.3) is 5.69 Å². The van der Waals surface area contributed by atoms with E-state index in [1.54, 1.807) is 17.7 Å². The fraction of sp³-hybridized carbons (Fsp3) is 0.300. The van der Waals surface area contributed by atoms with Crippen LogP contribution < -0.4 is 5.32 Å². The summed E-state index contributed by atoms with van der Waals surface area (Å²) in [5.41, 5.74) is 3.29. The highest BCUT2D eigenvalue weighted by molar-refractivity contribution is 8.00. The van der Waals surface area contributed by atoms with Gasteiger partial charge in [0, 0.05) is 19.8 Å². The minimum absolute atomic E-state index is 0.0758. The van der Waals surface area contributed by atoms with Crippen molar-refractivity contribution in [1.29, 1.82) is 0 Å². The predicted octanol–water partition coefficient (Wildman–Crippen LogP) is 3.30. The molecule has 1 amide bonds. The smallest absolute Gasteiger partial charge is 0.244 e. The Labute approximate surface area is 196 Å². The molecule has 2 aromatic carbocycles. The number of hydrogen-bond donors (Lipinski definition) is 1. The van der Waals surface area contributed by atoms with Gasteiger partial charge in [-0.3, -0.25) is 4.79 Å². The molecule has 3 aromatic rings. The number of thioether (sulfide) groups is 1. The van der Waals surface area contributed by atoms with Crippen LogP contribution in [0.15, 0.2) is 46.5 Å². The minimum Gasteiger partial charge on any atom is -0.325 e. The van der Waals surface area contributed by atoms with E-state index in [1.165, 1.54) is 38.0 Å². The molecule has 12 heteroatoms. The maximum atomic E-state index is 12.8. The number of sulfonamides is 1. The van der Waals surface area contributed by atoms with Crippen LogP contribution >= 0.6 is 23.4 Å². The maximum Gasteiger partial charge on any atom is 0.244 e. The average Bonchev–Trinajstić information content (AvgIpc) is 3.18. The summed E-state index contributed by atoms with van der Waals surface area (Å²) in [6.07, 6.45) is 0. The number of carbonyl (C=O) groups excluding carboxylic acids is 1. The highest BCUT2D eigenvalue weighted by Gasteiger charge is 2.23. The summed E-state index contributed by atoms with van der Waals surface area (Å²) in [6, 6.07) is 10.2. The highest BCUT2D eigenvalue weighted by atomic mass is 35.5. The van der Waals surface area contributed by atoms with Crippen molar-refractivity contribution in [3.8, 4) is 5.69 Å². The number of tetrazole rings is 1. The first-order chi connectivity index (χ1) is 15.0. The number of aryl methyl sites for hydroxylation is 1. The number of rotatable bonds is 7. The minimum atomic E-state index is -3.76. The molecule has 1 aromatic heterocycles. The van der Waals surface area contributed by atoms with E-state index >= 15 is 0 Å². The van der Waals surface area contributed by atoms with Crippen LogP contribution in [0.4, 0.5) is 5.69 Å². The van der Waals surface area contributed by atoms with Crippen LogP contribution in [0.2, 0.25) is 5.02 Å². The van der Waals surface area contributed by atoms with E-state index in [1.807, 2.05) is 32.0 Å². The number of halogens is 1. The summed E-state index contributed by atoms with van der Waals surface area (Å²) in [5.74, 6) is -0.332. The van der Waals surface area contributed by atoms with E-state index in [-0.39, 0.29) is 15.8 Å². The standard InChI is InChI=1S/C20H23ClN6O3S2/c1-12-7-6-8-17(13(12)2)27-20(23-24-25-27)31-14(3)19(28)22-15-9-10-16(21)18(11-15)32(29,30)26(4)5/h6-11,14H,1-5H3,(H,22,28). The lowest BCUT2D eigenvalue weighted by Crippen LogP contribution is -2.24. The molecule has 1 atom stereocenters. The molecule has 1 unspecified atom stereocenters. The second kappa shape index (κ2) is 9.57. The zero-order valence-corrected chi connectivity index (χ0v) is 20.6. The molecule has 1 heterocycles. The molecular formula is C20H23ClN6O3S2. The molecular weight excluding hydrogens is 472 g/mol. The summed E-state index contributed by atoms with van der Waals surface area (Å²) in [6.45, 7) is 5.70. The zero-order chi connectivity index (χ0) is 23.6. The molecule has 0 bridgehead atoms. The normalized spacial score (nSPS) is 12.7. The second-order valence-electron chi connectivity index (χ2n) is 7.27. The Morgan fingerprint density at radius 1 is 1.22 bits per heavy atom. The molecule has 32 heavy (non-hydrogen) atoms. The first kappa shape index (κ1) is 24.2. The molecule has 170 valence electrons. The van der Waals surface area contributed by atoms with Gasteiger partial charge in [-0.25, -0.2) is 12.7 Å². The fourth-order valence-corrected chi connectivity index (χ4v) is 4.99. The lowest BCUT2D eigenvalue weighted by Gasteiger charge is -2.16. The Kier molecular flexibility index (Phi) is 7.23. The zero-order valence-electron chi connectivity index (χ0n) is 18.2. The lowest BCUT2D eigenvalue weighted by molar-refractivity contribution is -0.115. The summed E-state index contributed by atoms with van der Waals surface area (Å²) in [4.78, 5) is 12.7. The molecule has 0 fully saturated rings. The van der Waals surface area contributed by atoms with Gasteiger partial charge in [-0.05, 0) is 66.6 Å². The molecule has 0 aliphatic carbocycles. The molecule has 0 aliphatic heterocycles. The number of carbonyl (C=O) groups is 1. The van der Waals surface area contributed by atoms with Gasteiger partial charge in [0.05, 0.1) is 16.0 Å². The van der Waals surface area contributed by atoms with E-state index in [2.05, 4.69) is 20.8 Å². The van der Waals surface area contributed by atoms with Crippen LogP contribution in [0.1, 0.15) is 18.1 Å². The van der Waals surface area contributed by atoms with Crippen molar-refractivity contribution in [2.75, 3.05) is 19.4 Å². The van der Waals surface area contributed by atoms with Gasteiger partial charge >= 0.3 is 0 Å². The predicted molar refractivity (Wildman–Crippen MR) is 125 cm³/mol. The van der Waals surface area contributed by atoms with Crippen molar-refractivity contribution in [2.24, 2.45) is 0 Å². The van der Waals surface area contributed by atoms with Crippen LogP contribution in [-0.4, -0.2) is 58.2 Å². The van der Waals surface area contributed by atoms with Gasteiger partial charge < -0.3 is 5.32 Å². The number of amides is 1. The highest BCUT2D eigenvalue weighted by Crippen LogP contribution is 2.29. The molecule has 9 nitrogen and oxygen atoms in total. The third kappa shape index (κ3) is 4.96. The van der Waals surface area contributed by atoms with Crippen LogP contribution in [0, 0.1) is 13.8 Å². The van der Waals surface area contributed by atoms with E-state index < -0.39 is 15.3 Å². The molecule has 3 rings (SSSR count). The van der Waals surface area contributed by atoms with Crippen molar-refractivity contribution in [1.82, 2.24) is 24.5 Å². The van der Waals surface area contributed by atoms with Crippen molar-refractivity contribution >= 4 is 45.0 Å². The fourth-order valence-electron chi connectivity index (χ4n) is 2.80. The van der Waals surface area contributed by atoms with E-state index in [0.29, 0.717) is 10.8 Å². The maximum absolute atomic E-state index is 12.8. The third-order valence-electron chi connectivity index (χ3n) is 4.85. The van der Waals surface area contributed by atoms with Crippen LogP contribution in [0.3, 0.4) is 0 Å². The number of benzene rings is 2. The third-order valence-corrected chi connectivity index (χ3v) is 8.18. The molecule has 0 radical (unpaired) electrons. The molecule has 0 saturated heterocycles. The van der Waals surface area contributed by atoms with Crippen molar-refractivity contribution < 1.29 is 13.2 Å². The van der Waals surface area contributed by atoms with E-state index in [9.17, 15) is 13.2 Å². The lowest BCUT2D eigenvalue weighted by atomic mass is 10.1. The number of aromatic nitrogens is 4. The Morgan fingerprint density at radius 2 is 1.94 bits per heavy atom. The van der Waals surface area contributed by atoms with Gasteiger partial charge in [-0.2, -0.15) is 4.68 Å². The van der Waals surface area contributed by atoms with Gasteiger partial charge in [0.1, 0.15) is 4.90 Å². The Bertz CT molecular complexity index is 1260. The quantitative estimate of drug-likeness (QED) is 0.501. The average molecular weight is 495 g/mol. The number of nitrogens with zero attached hydrogens (tertiary/aromatic N) is 5. The van der Waals surface area contributed by atoms with Gasteiger partial charge in [-0.15, -0.1) is 5.10 Å². The van der Waals surface area contributed by atoms with E-state index in [0.717, 1.165) is 21.1 Å². The molecule has 1 N–H and O–H groups in total. The Balaban J connectivity index is 1.79. The Morgan fingerprint density at radius 3 is 2.62 bits per heavy atom. The second-order valence-corrected chi connectivity index (χ2v) is 11.1. The molecule has 0 saturated carbocycles. The monoisotopic (exact) mass is 494 g/mol. The topological polar surface area (TPSA) is 110 Å². The molecule has 0 aliphatic rings. The summed E-state index contributed by atoms with van der Waals surface area (Å²) < 4.78 is 27.6. The first-order valence-corrected chi connectivity index (χ1v) is 12.3. The molecule has 0 spiro atoms. The van der Waals surface area contributed by atoms with Crippen LogP contribution in [0.5, 0.6) is 0 Å². The first-order valence-electron chi connectivity index (χ1n) is 9.57. The number of nitrogens with one attached hydrogen (secondary N) is 1. The number of anilines is 1. The number of hydrogen-bond acceptors (Lipinski definition) is 7. The van der Waals surface area contributed by atoms with Gasteiger partial charge in [-0.1, -0.05) is 35.5 Å². The Hall–Kier alpha value is -2.47. The van der Waals surface area contributed by atoms with E-state index in [4.69, 9.17) is 11.6 Å². The van der Waals surface area contributed by atoms with Crippen LogP contribution in [-0.2, 0) is 14.8 Å². The SMILES string of the molecule is Cc1cccc(-n2nnnc2SC(C)C(=O)Nc2ccc(Cl)c(S(=O)(=O)N(C)C)c2)c1C. The van der Waals surface area contributed by atoms with Gasteiger partial charge in [0.15, 0.2) is 0 Å². The summed E-state index contributed by atoms with van der Waals surface area (Å²) in [7, 11) is -0.931. The largest absolute Gasteiger partial charge is 0.325 e. The summed E-state index contributed by atoms with van der Waals surface area (Å²) >= 11 is 7.26. The van der Waals surface area contributed by atoms with Crippen molar-refractivity contribution in [2.45, 2.75) is 36.1 Å².